The highest BCUT2D eigenvalue weighted by Gasteiger charge is 2.26. The van der Waals surface area contributed by atoms with Crippen LogP contribution in [0.15, 0.2) is 35.1 Å². The van der Waals surface area contributed by atoms with Crippen LogP contribution in [0.1, 0.15) is 22.3 Å². The van der Waals surface area contributed by atoms with Gasteiger partial charge >= 0.3 is 0 Å². The second-order valence-electron chi connectivity index (χ2n) is 4.96. The summed E-state index contributed by atoms with van der Waals surface area (Å²) in [6, 6.07) is 7.47. The molecule has 1 aromatic carbocycles. The number of fused-ring (bicyclic) bond motifs is 1. The van der Waals surface area contributed by atoms with E-state index in [2.05, 4.69) is 4.98 Å². The molecule has 2 heterocycles. The molecule has 1 aliphatic rings. The summed E-state index contributed by atoms with van der Waals surface area (Å²) in [6.45, 7) is 0.455. The van der Waals surface area contributed by atoms with Gasteiger partial charge in [0.1, 0.15) is 5.75 Å². The van der Waals surface area contributed by atoms with Gasteiger partial charge < -0.3 is 15.1 Å². The molecule has 1 amide bonds. The molecule has 0 bridgehead atoms. The van der Waals surface area contributed by atoms with Crippen molar-refractivity contribution in [3.63, 3.8) is 0 Å². The molecule has 0 radical (unpaired) electrons. The number of anilines is 1. The van der Waals surface area contributed by atoms with Gasteiger partial charge in [-0.1, -0.05) is 12.1 Å². The number of aryl methyl sites for hydroxylation is 1. The van der Waals surface area contributed by atoms with E-state index in [4.69, 9.17) is 0 Å². The molecule has 3 N–H and O–H groups in total. The lowest BCUT2D eigenvalue weighted by Gasteiger charge is -2.30. The largest absolute Gasteiger partial charge is 0.506 e. The molecule has 0 unspecified atom stereocenters. The lowest BCUT2D eigenvalue weighted by molar-refractivity contribution is 0.0983. The third-order valence-corrected chi connectivity index (χ3v) is 3.52. The van der Waals surface area contributed by atoms with Gasteiger partial charge in [0.05, 0.1) is 11.3 Å². The summed E-state index contributed by atoms with van der Waals surface area (Å²) in [7, 11) is 0. The number of phenolic OH excluding ortho intramolecular Hbond substituents is 1. The maximum Gasteiger partial charge on any atom is 0.258 e. The summed E-state index contributed by atoms with van der Waals surface area (Å²) in [6.07, 6.45) is 1.56. The van der Waals surface area contributed by atoms with Crippen LogP contribution in [-0.4, -0.2) is 27.6 Å². The molecular formula is C15H14N2O4. The second kappa shape index (κ2) is 4.97. The van der Waals surface area contributed by atoms with Crippen molar-refractivity contribution in [1.82, 2.24) is 4.98 Å². The second-order valence-corrected chi connectivity index (χ2v) is 4.96. The first-order valence-electron chi connectivity index (χ1n) is 6.62. The van der Waals surface area contributed by atoms with Gasteiger partial charge in [-0.3, -0.25) is 14.6 Å². The van der Waals surface area contributed by atoms with E-state index < -0.39 is 11.5 Å². The van der Waals surface area contributed by atoms with Crippen LogP contribution in [-0.2, 0) is 6.42 Å². The van der Waals surface area contributed by atoms with E-state index in [-0.39, 0.29) is 17.2 Å². The fraction of sp³-hybridized carbons (Fsp3) is 0.200. The zero-order valence-corrected chi connectivity index (χ0v) is 11.2. The summed E-state index contributed by atoms with van der Waals surface area (Å²) < 4.78 is 0. The average Bonchev–Trinajstić information content (AvgIpc) is 2.45. The number of aromatic amines is 1. The van der Waals surface area contributed by atoms with Gasteiger partial charge in [-0.05, 0) is 24.5 Å². The van der Waals surface area contributed by atoms with Gasteiger partial charge in [-0.15, -0.1) is 0 Å². The molecule has 0 spiro atoms. The lowest BCUT2D eigenvalue weighted by Crippen LogP contribution is -2.36. The topological polar surface area (TPSA) is 93.6 Å². The first-order chi connectivity index (χ1) is 10.1. The molecule has 6 heteroatoms. The number of rotatable bonds is 1. The van der Waals surface area contributed by atoms with Crippen molar-refractivity contribution in [2.45, 2.75) is 12.8 Å². The Morgan fingerprint density at radius 3 is 2.81 bits per heavy atom. The SMILES string of the molecule is O=C(c1cc(O)[nH]c(=O)c1)N1CCCc2cccc(O)c21. The zero-order chi connectivity index (χ0) is 15.0. The third kappa shape index (κ3) is 2.35. The number of pyridine rings is 1. The Bertz CT molecular complexity index is 767. The van der Waals surface area contributed by atoms with Crippen molar-refractivity contribution >= 4 is 11.6 Å². The van der Waals surface area contributed by atoms with Gasteiger partial charge in [0.15, 0.2) is 5.88 Å². The van der Waals surface area contributed by atoms with Crippen molar-refractivity contribution in [2.24, 2.45) is 0 Å². The number of carbonyl (C=O) groups is 1. The fourth-order valence-electron chi connectivity index (χ4n) is 2.64. The zero-order valence-electron chi connectivity index (χ0n) is 11.2. The quantitative estimate of drug-likeness (QED) is 0.738. The number of H-pyrrole nitrogens is 1. The van der Waals surface area contributed by atoms with Gasteiger partial charge in [0, 0.05) is 18.7 Å². The highest BCUT2D eigenvalue weighted by Crippen LogP contribution is 2.36. The number of carbonyl (C=O) groups excluding carboxylic acids is 1. The minimum Gasteiger partial charge on any atom is -0.506 e. The first-order valence-corrected chi connectivity index (χ1v) is 6.62. The number of nitrogens with one attached hydrogen (secondary N) is 1. The Labute approximate surface area is 120 Å². The number of phenols is 1. The van der Waals surface area contributed by atoms with E-state index >= 15 is 0 Å². The summed E-state index contributed by atoms with van der Waals surface area (Å²) >= 11 is 0. The molecule has 108 valence electrons. The smallest absolute Gasteiger partial charge is 0.258 e. The predicted octanol–water partition coefficient (Wildman–Crippen LogP) is 1.38. The lowest BCUT2D eigenvalue weighted by atomic mass is 10.00. The molecule has 0 saturated heterocycles. The molecule has 21 heavy (non-hydrogen) atoms. The molecule has 6 nitrogen and oxygen atoms in total. The maximum atomic E-state index is 12.6. The van der Waals surface area contributed by atoms with Crippen LogP contribution in [0, 0.1) is 0 Å². The number of benzene rings is 1. The predicted molar refractivity (Wildman–Crippen MR) is 76.8 cm³/mol. The van der Waals surface area contributed by atoms with Crippen molar-refractivity contribution in [1.29, 1.82) is 0 Å². The van der Waals surface area contributed by atoms with Crippen molar-refractivity contribution in [3.8, 4) is 11.6 Å². The number of nitrogens with zero attached hydrogens (tertiary/aromatic N) is 1. The number of hydrogen-bond acceptors (Lipinski definition) is 4. The number of amides is 1. The number of para-hydroxylation sites is 1. The third-order valence-electron chi connectivity index (χ3n) is 3.52. The number of hydrogen-bond donors (Lipinski definition) is 3. The highest BCUT2D eigenvalue weighted by molar-refractivity contribution is 6.07. The summed E-state index contributed by atoms with van der Waals surface area (Å²) in [4.78, 5) is 27.6. The molecular weight excluding hydrogens is 272 g/mol. The molecule has 3 rings (SSSR count). The van der Waals surface area contributed by atoms with Crippen LogP contribution in [0.4, 0.5) is 5.69 Å². The van der Waals surface area contributed by atoms with Crippen LogP contribution < -0.4 is 10.5 Å². The van der Waals surface area contributed by atoms with Crippen molar-refractivity contribution < 1.29 is 15.0 Å². The molecule has 0 aliphatic carbocycles. The standard InChI is InChI=1S/C15H14N2O4/c18-11-5-1-3-9-4-2-6-17(14(9)11)15(21)10-7-12(19)16-13(20)8-10/h1,3,5,7-8,18H,2,4,6H2,(H2,16,19,20). The van der Waals surface area contributed by atoms with Gasteiger partial charge in [-0.25, -0.2) is 0 Å². The first kappa shape index (κ1) is 13.2. The van der Waals surface area contributed by atoms with Crippen LogP contribution >= 0.6 is 0 Å². The normalized spacial score (nSPS) is 13.8. The van der Waals surface area contributed by atoms with E-state index in [0.717, 1.165) is 24.5 Å². The van der Waals surface area contributed by atoms with E-state index in [9.17, 15) is 19.8 Å². The van der Waals surface area contributed by atoms with Crippen LogP contribution in [0.3, 0.4) is 0 Å². The Kier molecular flexibility index (Phi) is 3.13. The van der Waals surface area contributed by atoms with E-state index in [1.165, 1.54) is 17.0 Å². The minimum atomic E-state index is -0.548. The van der Waals surface area contributed by atoms with Gasteiger partial charge in [0.25, 0.3) is 11.5 Å². The molecule has 2 aromatic rings. The maximum absolute atomic E-state index is 12.6. The van der Waals surface area contributed by atoms with Crippen LogP contribution in [0.25, 0.3) is 0 Å². The number of aromatic nitrogens is 1. The summed E-state index contributed by atoms with van der Waals surface area (Å²) in [5.41, 5.74) is 0.914. The monoisotopic (exact) mass is 286 g/mol. The van der Waals surface area contributed by atoms with Crippen LogP contribution in [0.5, 0.6) is 11.6 Å². The van der Waals surface area contributed by atoms with Crippen molar-refractivity contribution in [3.05, 3.63) is 51.8 Å². The molecule has 0 saturated carbocycles. The summed E-state index contributed by atoms with van der Waals surface area (Å²) in [5, 5.41) is 19.4. The molecule has 1 aromatic heterocycles. The number of aromatic hydroxyl groups is 2. The van der Waals surface area contributed by atoms with E-state index in [1.54, 1.807) is 6.07 Å². The fourth-order valence-corrected chi connectivity index (χ4v) is 2.64. The molecule has 0 atom stereocenters. The van der Waals surface area contributed by atoms with Crippen LogP contribution in [0.2, 0.25) is 0 Å². The van der Waals surface area contributed by atoms with Gasteiger partial charge in [-0.2, -0.15) is 0 Å². The van der Waals surface area contributed by atoms with E-state index in [1.807, 2.05) is 6.07 Å². The van der Waals surface area contributed by atoms with Crippen molar-refractivity contribution in [2.75, 3.05) is 11.4 Å². The Hall–Kier alpha value is -2.76. The molecule has 0 fully saturated rings. The Morgan fingerprint density at radius 1 is 1.24 bits per heavy atom. The minimum absolute atomic E-state index is 0.0367. The van der Waals surface area contributed by atoms with Gasteiger partial charge in [0.2, 0.25) is 0 Å². The molecule has 1 aliphatic heterocycles. The van der Waals surface area contributed by atoms with E-state index in [0.29, 0.717) is 12.2 Å². The summed E-state index contributed by atoms with van der Waals surface area (Å²) in [5.74, 6) is -0.742. The average molecular weight is 286 g/mol. The highest BCUT2D eigenvalue weighted by atomic mass is 16.3. The Morgan fingerprint density at radius 2 is 2.05 bits per heavy atom. The Balaban J connectivity index is 2.06.